The van der Waals surface area contributed by atoms with Crippen molar-refractivity contribution >= 4 is 5.97 Å². The van der Waals surface area contributed by atoms with Gasteiger partial charge in [0.2, 0.25) is 0 Å². The maximum absolute atomic E-state index is 12.0. The average Bonchev–Trinajstić information content (AvgIpc) is 2.56. The molecule has 4 heteroatoms. The summed E-state index contributed by atoms with van der Waals surface area (Å²) in [6.45, 7) is 4.16. The van der Waals surface area contributed by atoms with Crippen LogP contribution in [0.1, 0.15) is 91.2 Å². The number of aryl methyl sites for hydroxylation is 1. The molecule has 142 valence electrons. The van der Waals surface area contributed by atoms with Gasteiger partial charge in [-0.1, -0.05) is 31.3 Å². The van der Waals surface area contributed by atoms with Crippen LogP contribution in [0.15, 0.2) is 17.7 Å². The second-order valence-corrected chi connectivity index (χ2v) is 8.07. The fourth-order valence-electron chi connectivity index (χ4n) is 4.49. The number of carboxylic acids is 1. The van der Waals surface area contributed by atoms with Crippen molar-refractivity contribution in [3.8, 4) is 11.5 Å². The Balaban J connectivity index is 2.01. The molecule has 0 aromatic heterocycles. The number of rotatable bonds is 5. The lowest BCUT2D eigenvalue weighted by atomic mass is 9.67. The molecule has 0 unspecified atom stereocenters. The van der Waals surface area contributed by atoms with Gasteiger partial charge in [0.15, 0.2) is 0 Å². The molecule has 0 saturated heterocycles. The zero-order chi connectivity index (χ0) is 21.6. The first-order valence-corrected chi connectivity index (χ1v) is 9.39. The zero-order valence-electron chi connectivity index (χ0n) is 18.8. The SMILES string of the molecule is [2H]C([2H])([2H])CCCCc1cc2c(c(O)c1C(=O)O)[C@@H]1C=C(C)CC[C@H]1C(C)(C)O2. The highest BCUT2D eigenvalue weighted by Gasteiger charge is 2.46. The highest BCUT2D eigenvalue weighted by Crippen LogP contribution is 2.54. The minimum absolute atomic E-state index is 0.0785. The summed E-state index contributed by atoms with van der Waals surface area (Å²) in [4.78, 5) is 12.0. The summed E-state index contributed by atoms with van der Waals surface area (Å²) >= 11 is 0. The molecule has 4 nitrogen and oxygen atoms in total. The van der Waals surface area contributed by atoms with Crippen molar-refractivity contribution in [1.29, 1.82) is 0 Å². The first-order chi connectivity index (χ1) is 13.4. The van der Waals surface area contributed by atoms with Gasteiger partial charge in [-0.2, -0.15) is 0 Å². The van der Waals surface area contributed by atoms with Crippen molar-refractivity contribution in [2.45, 2.75) is 77.7 Å². The number of hydrogen-bond donors (Lipinski definition) is 2. The van der Waals surface area contributed by atoms with E-state index in [9.17, 15) is 15.0 Å². The number of fused-ring (bicyclic) bond motifs is 3. The molecule has 1 aromatic carbocycles. The molecule has 0 bridgehead atoms. The second-order valence-electron chi connectivity index (χ2n) is 8.07. The third-order valence-electron chi connectivity index (χ3n) is 5.82. The Hall–Kier alpha value is -1.97. The molecule has 2 atom stereocenters. The van der Waals surface area contributed by atoms with Crippen LogP contribution < -0.4 is 4.74 Å². The molecule has 1 aromatic rings. The molecule has 0 spiro atoms. The number of aromatic carboxylic acids is 1. The van der Waals surface area contributed by atoms with Crippen LogP contribution in [0.5, 0.6) is 11.5 Å². The van der Waals surface area contributed by atoms with Gasteiger partial charge in [-0.25, -0.2) is 4.79 Å². The molecule has 0 fully saturated rings. The van der Waals surface area contributed by atoms with Crippen LogP contribution >= 0.6 is 0 Å². The van der Waals surface area contributed by atoms with Crippen molar-refractivity contribution in [3.05, 3.63) is 34.4 Å². The number of phenols is 1. The number of benzene rings is 1. The predicted octanol–water partition coefficient (Wildman–Crippen LogP) is 5.43. The van der Waals surface area contributed by atoms with Crippen LogP contribution in [-0.4, -0.2) is 21.8 Å². The maximum Gasteiger partial charge on any atom is 0.339 e. The smallest absolute Gasteiger partial charge is 0.339 e. The predicted molar refractivity (Wildman–Crippen MR) is 102 cm³/mol. The molecule has 1 aliphatic heterocycles. The first-order valence-electron chi connectivity index (χ1n) is 10.9. The average molecular weight is 361 g/mol. The van der Waals surface area contributed by atoms with Crippen LogP contribution in [0.25, 0.3) is 0 Å². The van der Waals surface area contributed by atoms with Crippen LogP contribution in [0.2, 0.25) is 0 Å². The minimum Gasteiger partial charge on any atom is -0.507 e. The van der Waals surface area contributed by atoms with E-state index in [-0.39, 0.29) is 29.6 Å². The van der Waals surface area contributed by atoms with Crippen molar-refractivity contribution in [2.75, 3.05) is 0 Å². The molecular weight excluding hydrogens is 328 g/mol. The molecule has 1 heterocycles. The number of ether oxygens (including phenoxy) is 1. The fraction of sp³-hybridized carbons (Fsp3) is 0.591. The summed E-state index contributed by atoms with van der Waals surface area (Å²) in [7, 11) is 0. The number of allylic oxidation sites excluding steroid dienone is 2. The summed E-state index contributed by atoms with van der Waals surface area (Å²) < 4.78 is 28.2. The molecule has 2 N–H and O–H groups in total. The van der Waals surface area contributed by atoms with E-state index in [0.717, 1.165) is 12.8 Å². The Labute approximate surface area is 160 Å². The Morgan fingerprint density at radius 2 is 2.19 bits per heavy atom. The van der Waals surface area contributed by atoms with Crippen LogP contribution in [0.3, 0.4) is 0 Å². The number of aromatic hydroxyl groups is 1. The summed E-state index contributed by atoms with van der Waals surface area (Å²) in [6.07, 6.45) is 5.50. The van der Waals surface area contributed by atoms with Crippen LogP contribution in [0.4, 0.5) is 0 Å². The van der Waals surface area contributed by atoms with E-state index in [4.69, 9.17) is 8.85 Å². The normalized spacial score (nSPS) is 25.7. The van der Waals surface area contributed by atoms with Gasteiger partial charge in [-0.3, -0.25) is 0 Å². The van der Waals surface area contributed by atoms with Crippen LogP contribution in [0, 0.1) is 5.92 Å². The van der Waals surface area contributed by atoms with E-state index in [2.05, 4.69) is 13.0 Å². The largest absolute Gasteiger partial charge is 0.507 e. The van der Waals surface area contributed by atoms with Gasteiger partial charge >= 0.3 is 5.97 Å². The highest BCUT2D eigenvalue weighted by molar-refractivity contribution is 5.94. The summed E-state index contributed by atoms with van der Waals surface area (Å²) in [6, 6.07) is 1.74. The number of carbonyl (C=O) groups is 1. The van der Waals surface area contributed by atoms with E-state index in [1.54, 1.807) is 6.07 Å². The van der Waals surface area contributed by atoms with Gasteiger partial charge in [0, 0.05) is 21.5 Å². The monoisotopic (exact) mass is 361 g/mol. The van der Waals surface area contributed by atoms with E-state index >= 15 is 0 Å². The van der Waals surface area contributed by atoms with Gasteiger partial charge in [-0.05, 0) is 58.1 Å². The molecule has 3 rings (SSSR count). The van der Waals surface area contributed by atoms with E-state index in [1.807, 2.05) is 13.8 Å². The maximum atomic E-state index is 12.0. The van der Waals surface area contributed by atoms with Gasteiger partial charge in [0.1, 0.15) is 22.7 Å². The molecule has 2 aliphatic rings. The van der Waals surface area contributed by atoms with E-state index in [0.29, 0.717) is 36.1 Å². The van der Waals surface area contributed by atoms with Crippen molar-refractivity contribution < 1.29 is 23.9 Å². The number of carboxylic acid groups (broad SMARTS) is 1. The number of unbranched alkanes of at least 4 members (excludes halogenated alkanes) is 1. The van der Waals surface area contributed by atoms with Crippen LogP contribution in [-0.2, 0) is 6.42 Å². The van der Waals surface area contributed by atoms with Crippen molar-refractivity contribution in [3.63, 3.8) is 0 Å². The van der Waals surface area contributed by atoms with E-state index in [1.165, 1.54) is 5.57 Å². The van der Waals surface area contributed by atoms with Crippen molar-refractivity contribution in [1.82, 2.24) is 0 Å². The number of hydrogen-bond acceptors (Lipinski definition) is 3. The molecule has 0 amide bonds. The zero-order valence-corrected chi connectivity index (χ0v) is 15.8. The Morgan fingerprint density at radius 3 is 2.88 bits per heavy atom. The van der Waals surface area contributed by atoms with Crippen molar-refractivity contribution in [2.24, 2.45) is 5.92 Å². The summed E-state index contributed by atoms with van der Waals surface area (Å²) in [5, 5.41) is 20.8. The Morgan fingerprint density at radius 1 is 1.42 bits per heavy atom. The van der Waals surface area contributed by atoms with Gasteiger partial charge in [0.05, 0.1) is 0 Å². The summed E-state index contributed by atoms with van der Waals surface area (Å²) in [5.41, 5.74) is 1.78. The first kappa shape index (κ1) is 15.1. The highest BCUT2D eigenvalue weighted by atomic mass is 16.5. The second kappa shape index (κ2) is 6.98. The molecule has 1 aliphatic carbocycles. The molecule has 26 heavy (non-hydrogen) atoms. The lowest BCUT2D eigenvalue weighted by Gasteiger charge is -2.46. The molecule has 0 radical (unpaired) electrons. The lowest BCUT2D eigenvalue weighted by molar-refractivity contribution is 0.0106. The molecule has 0 saturated carbocycles. The minimum atomic E-state index is -1.99. The Kier molecular flexibility index (Phi) is 4.06. The van der Waals surface area contributed by atoms with Gasteiger partial charge < -0.3 is 14.9 Å². The quantitative estimate of drug-likeness (QED) is 0.542. The third-order valence-corrected chi connectivity index (χ3v) is 5.82. The topological polar surface area (TPSA) is 66.8 Å². The summed E-state index contributed by atoms with van der Waals surface area (Å²) in [5.74, 6) is -0.761. The lowest BCUT2D eigenvalue weighted by Crippen LogP contribution is -2.45. The van der Waals surface area contributed by atoms with Gasteiger partial charge in [-0.15, -0.1) is 0 Å². The molecular formula is C22H30O4. The third kappa shape index (κ3) is 3.22. The van der Waals surface area contributed by atoms with Gasteiger partial charge in [0.25, 0.3) is 0 Å². The fourth-order valence-corrected chi connectivity index (χ4v) is 4.49. The standard InChI is InChI=1S/C22H30O4/c1-5-6-7-8-14-12-17-19(20(23)18(14)21(24)25)15-11-13(2)9-10-16(15)22(3,4)26-17/h11-12,15-16,23H,5-10H2,1-4H3,(H,24,25)/t15-,16-/m1/s1/i1D3. The Bertz CT molecular complexity index is 839. The van der Waals surface area contributed by atoms with E-state index < -0.39 is 18.4 Å².